The van der Waals surface area contributed by atoms with E-state index in [2.05, 4.69) is 5.32 Å². The quantitative estimate of drug-likeness (QED) is 0.811. The molecule has 1 unspecified atom stereocenters. The smallest absolute Gasteiger partial charge is 0.251 e. The van der Waals surface area contributed by atoms with E-state index in [9.17, 15) is 18.0 Å². The molecule has 7 nitrogen and oxygen atoms in total. The van der Waals surface area contributed by atoms with Crippen molar-refractivity contribution in [2.75, 3.05) is 24.2 Å². The number of anilines is 1. The molecule has 0 aliphatic carbocycles. The molecule has 2 amide bonds. The Hall–Kier alpha value is -1.93. The van der Waals surface area contributed by atoms with E-state index < -0.39 is 10.0 Å². The Bertz CT molecular complexity index is 715. The molecule has 8 heteroatoms. The molecule has 0 radical (unpaired) electrons. The molecule has 1 atom stereocenters. The number of sulfonamides is 1. The Labute approximate surface area is 129 Å². The monoisotopic (exact) mass is 325 g/mol. The Morgan fingerprint density at radius 1 is 1.45 bits per heavy atom. The van der Waals surface area contributed by atoms with Gasteiger partial charge >= 0.3 is 0 Å². The number of hydrogen-bond donors (Lipinski definition) is 2. The average molecular weight is 325 g/mol. The second-order valence-corrected chi connectivity index (χ2v) is 7.14. The van der Waals surface area contributed by atoms with Crippen molar-refractivity contribution in [2.45, 2.75) is 13.3 Å². The molecule has 1 aliphatic rings. The minimum Gasteiger partial charge on any atom is -0.355 e. The Morgan fingerprint density at radius 2 is 2.14 bits per heavy atom. The van der Waals surface area contributed by atoms with Gasteiger partial charge in [-0.1, -0.05) is 0 Å². The lowest BCUT2D eigenvalue weighted by atomic mass is 10.1. The highest BCUT2D eigenvalue weighted by Crippen LogP contribution is 2.29. The van der Waals surface area contributed by atoms with Crippen molar-refractivity contribution in [1.29, 1.82) is 0 Å². The van der Waals surface area contributed by atoms with E-state index in [-0.39, 0.29) is 29.9 Å². The van der Waals surface area contributed by atoms with E-state index in [1.54, 1.807) is 30.1 Å². The maximum absolute atomic E-state index is 12.1. The van der Waals surface area contributed by atoms with Crippen molar-refractivity contribution in [3.8, 4) is 0 Å². The zero-order chi connectivity index (χ0) is 16.5. The third kappa shape index (κ3) is 3.63. The highest BCUT2D eigenvalue weighted by Gasteiger charge is 2.33. The summed E-state index contributed by atoms with van der Waals surface area (Å²) < 4.78 is 22.3. The molecule has 1 aromatic rings. The normalized spacial score (nSPS) is 18.6. The molecule has 3 N–H and O–H groups in total. The number of carbonyl (C=O) groups is 2. The van der Waals surface area contributed by atoms with Gasteiger partial charge in [-0.25, -0.2) is 13.6 Å². The number of nitrogens with zero attached hydrogens (tertiary/aromatic N) is 1. The number of nitrogens with two attached hydrogens (primary N) is 1. The highest BCUT2D eigenvalue weighted by molar-refractivity contribution is 7.89. The van der Waals surface area contributed by atoms with Crippen LogP contribution in [-0.2, 0) is 14.8 Å². The van der Waals surface area contributed by atoms with E-state index in [4.69, 9.17) is 5.14 Å². The topological polar surface area (TPSA) is 110 Å². The predicted molar refractivity (Wildman–Crippen MR) is 83.0 cm³/mol. The average Bonchev–Trinajstić information content (AvgIpc) is 2.76. The predicted octanol–water partition coefficient (Wildman–Crippen LogP) is -0.00398. The van der Waals surface area contributed by atoms with Crippen molar-refractivity contribution >= 4 is 27.5 Å². The van der Waals surface area contributed by atoms with Crippen LogP contribution in [0.2, 0.25) is 0 Å². The van der Waals surface area contributed by atoms with Crippen molar-refractivity contribution in [3.63, 3.8) is 0 Å². The second-order valence-electron chi connectivity index (χ2n) is 5.48. The SMILES string of the molecule is CNC(=O)c1ccc(N2CC(CS(N)(=O)=O)CC2=O)c(C)c1. The molecule has 22 heavy (non-hydrogen) atoms. The van der Waals surface area contributed by atoms with E-state index in [1.165, 1.54) is 0 Å². The van der Waals surface area contributed by atoms with Gasteiger partial charge in [-0.05, 0) is 30.7 Å². The van der Waals surface area contributed by atoms with Crippen molar-refractivity contribution in [2.24, 2.45) is 11.1 Å². The third-order valence-electron chi connectivity index (χ3n) is 3.65. The molecular formula is C14H19N3O4S. The molecular weight excluding hydrogens is 306 g/mol. The van der Waals surface area contributed by atoms with Crippen LogP contribution in [0.3, 0.4) is 0 Å². The summed E-state index contributed by atoms with van der Waals surface area (Å²) in [6, 6.07) is 5.05. The first-order valence-corrected chi connectivity index (χ1v) is 8.56. The number of aryl methyl sites for hydroxylation is 1. The fourth-order valence-corrected chi connectivity index (χ4v) is 3.58. The lowest BCUT2D eigenvalue weighted by Crippen LogP contribution is -2.28. The summed E-state index contributed by atoms with van der Waals surface area (Å²) in [4.78, 5) is 25.3. The zero-order valence-corrected chi connectivity index (χ0v) is 13.3. The van der Waals surface area contributed by atoms with Crippen molar-refractivity contribution in [1.82, 2.24) is 5.32 Å². The van der Waals surface area contributed by atoms with Gasteiger partial charge in [-0.3, -0.25) is 9.59 Å². The van der Waals surface area contributed by atoms with Gasteiger partial charge in [0.2, 0.25) is 15.9 Å². The van der Waals surface area contributed by atoms with E-state index in [0.717, 1.165) is 5.56 Å². The molecule has 1 aliphatic heterocycles. The van der Waals surface area contributed by atoms with Gasteiger partial charge < -0.3 is 10.2 Å². The van der Waals surface area contributed by atoms with Crippen LogP contribution in [0.15, 0.2) is 18.2 Å². The minimum atomic E-state index is -3.60. The van der Waals surface area contributed by atoms with Crippen molar-refractivity contribution in [3.05, 3.63) is 29.3 Å². The number of primary sulfonamides is 1. The summed E-state index contributed by atoms with van der Waals surface area (Å²) in [6.07, 6.45) is 0.160. The molecule has 1 aromatic carbocycles. The van der Waals surface area contributed by atoms with Gasteiger partial charge in [0, 0.05) is 37.2 Å². The van der Waals surface area contributed by atoms with E-state index in [0.29, 0.717) is 17.8 Å². The first-order valence-electron chi connectivity index (χ1n) is 6.85. The summed E-state index contributed by atoms with van der Waals surface area (Å²) in [5.74, 6) is -0.843. The van der Waals surface area contributed by atoms with Crippen molar-refractivity contribution < 1.29 is 18.0 Å². The third-order valence-corrected chi connectivity index (χ3v) is 4.59. The Morgan fingerprint density at radius 3 is 2.68 bits per heavy atom. The van der Waals surface area contributed by atoms with E-state index >= 15 is 0 Å². The van der Waals surface area contributed by atoms with Gasteiger partial charge in [0.25, 0.3) is 5.91 Å². The number of rotatable bonds is 4. The van der Waals surface area contributed by atoms with Gasteiger partial charge in [0.05, 0.1) is 5.75 Å². The van der Waals surface area contributed by atoms with Crippen LogP contribution < -0.4 is 15.4 Å². The highest BCUT2D eigenvalue weighted by atomic mass is 32.2. The maximum atomic E-state index is 12.1. The van der Waals surface area contributed by atoms with Crippen LogP contribution in [0.5, 0.6) is 0 Å². The van der Waals surface area contributed by atoms with Crippen LogP contribution in [0.1, 0.15) is 22.3 Å². The lowest BCUT2D eigenvalue weighted by molar-refractivity contribution is -0.117. The number of benzene rings is 1. The molecule has 0 aromatic heterocycles. The molecule has 1 saturated heterocycles. The number of hydrogen-bond acceptors (Lipinski definition) is 4. The lowest BCUT2D eigenvalue weighted by Gasteiger charge is -2.19. The molecule has 120 valence electrons. The minimum absolute atomic E-state index is 0.135. The molecule has 1 fully saturated rings. The second kappa shape index (κ2) is 6.05. The van der Waals surface area contributed by atoms with E-state index in [1.807, 2.05) is 6.92 Å². The maximum Gasteiger partial charge on any atom is 0.251 e. The first-order chi connectivity index (χ1) is 10.2. The molecule has 1 heterocycles. The summed E-state index contributed by atoms with van der Waals surface area (Å²) in [7, 11) is -2.05. The fraction of sp³-hybridized carbons (Fsp3) is 0.429. The molecule has 0 saturated carbocycles. The van der Waals surface area contributed by atoms with Gasteiger partial charge in [-0.2, -0.15) is 0 Å². The van der Waals surface area contributed by atoms with Gasteiger partial charge in [0.1, 0.15) is 0 Å². The van der Waals surface area contributed by atoms with Crippen LogP contribution in [-0.4, -0.2) is 39.6 Å². The summed E-state index contributed by atoms with van der Waals surface area (Å²) >= 11 is 0. The molecule has 2 rings (SSSR count). The number of nitrogens with one attached hydrogen (secondary N) is 1. The zero-order valence-electron chi connectivity index (χ0n) is 12.5. The summed E-state index contributed by atoms with van der Waals surface area (Å²) in [6.45, 7) is 2.12. The standard InChI is InChI=1S/C14H19N3O4S/c1-9-5-11(14(19)16-2)3-4-12(9)17-7-10(6-13(17)18)8-22(15,20)21/h3-5,10H,6-8H2,1-2H3,(H,16,19)(H2,15,20,21). The largest absolute Gasteiger partial charge is 0.355 e. The number of amides is 2. The Kier molecular flexibility index (Phi) is 4.52. The van der Waals surface area contributed by atoms with Crippen LogP contribution in [0, 0.1) is 12.8 Å². The summed E-state index contributed by atoms with van der Waals surface area (Å²) in [5.41, 5.74) is 1.98. The van der Waals surface area contributed by atoms with Crippen LogP contribution >= 0.6 is 0 Å². The first kappa shape index (κ1) is 16.4. The summed E-state index contributed by atoms with van der Waals surface area (Å²) in [5, 5.41) is 7.58. The van der Waals surface area contributed by atoms with Gasteiger partial charge in [-0.15, -0.1) is 0 Å². The Balaban J connectivity index is 2.22. The molecule has 0 spiro atoms. The van der Waals surface area contributed by atoms with Crippen LogP contribution in [0.25, 0.3) is 0 Å². The fourth-order valence-electron chi connectivity index (χ4n) is 2.70. The van der Waals surface area contributed by atoms with Gasteiger partial charge in [0.15, 0.2) is 0 Å². The molecule has 0 bridgehead atoms. The van der Waals surface area contributed by atoms with Crippen LogP contribution in [0.4, 0.5) is 5.69 Å². The number of carbonyl (C=O) groups excluding carboxylic acids is 2.